The van der Waals surface area contributed by atoms with Gasteiger partial charge in [0, 0.05) is 14.1 Å². The lowest BCUT2D eigenvalue weighted by atomic mass is 10.2. The molecular formula is C11H18N4OS. The van der Waals surface area contributed by atoms with Crippen molar-refractivity contribution in [1.29, 1.82) is 0 Å². The molecule has 17 heavy (non-hydrogen) atoms. The van der Waals surface area contributed by atoms with Crippen LogP contribution in [-0.4, -0.2) is 38.7 Å². The molecule has 0 aliphatic rings. The van der Waals surface area contributed by atoms with Crippen molar-refractivity contribution in [1.82, 2.24) is 14.7 Å². The predicted octanol–water partition coefficient (Wildman–Crippen LogP) is 0.729. The first-order valence-electron chi connectivity index (χ1n) is 5.47. The van der Waals surface area contributed by atoms with Gasteiger partial charge in [-0.05, 0) is 19.4 Å². The van der Waals surface area contributed by atoms with Gasteiger partial charge in [0.15, 0.2) is 0 Å². The molecule has 0 aliphatic heterocycles. The molecule has 0 bridgehead atoms. The van der Waals surface area contributed by atoms with Crippen LogP contribution in [0.5, 0.6) is 0 Å². The number of carbonyl (C=O) groups excluding carboxylic acids is 1. The summed E-state index contributed by atoms with van der Waals surface area (Å²) in [6.07, 6.45) is 0.801. The highest BCUT2D eigenvalue weighted by molar-refractivity contribution is 7.80. The molecule has 1 unspecified atom stereocenters. The van der Waals surface area contributed by atoms with Crippen LogP contribution in [0.25, 0.3) is 0 Å². The van der Waals surface area contributed by atoms with Gasteiger partial charge < -0.3 is 10.6 Å². The number of carbonyl (C=O) groups is 1. The van der Waals surface area contributed by atoms with Gasteiger partial charge in [-0.25, -0.2) is 0 Å². The number of nitrogens with two attached hydrogens (primary N) is 1. The molecule has 1 aromatic heterocycles. The van der Waals surface area contributed by atoms with Crippen molar-refractivity contribution in [3.63, 3.8) is 0 Å². The summed E-state index contributed by atoms with van der Waals surface area (Å²) in [5.74, 6) is -0.125. The van der Waals surface area contributed by atoms with Crippen LogP contribution in [0.4, 0.5) is 0 Å². The number of nitrogens with zero attached hydrogens (tertiary/aromatic N) is 3. The van der Waals surface area contributed by atoms with Crippen molar-refractivity contribution >= 4 is 23.1 Å². The summed E-state index contributed by atoms with van der Waals surface area (Å²) in [4.78, 5) is 14.0. The molecule has 1 atom stereocenters. The number of hydrogen-bond donors (Lipinski definition) is 1. The maximum Gasteiger partial charge on any atom is 0.272 e. The van der Waals surface area contributed by atoms with Gasteiger partial charge >= 0.3 is 0 Å². The molecular weight excluding hydrogens is 236 g/mol. The summed E-state index contributed by atoms with van der Waals surface area (Å²) in [6.45, 7) is 3.80. The highest BCUT2D eigenvalue weighted by Gasteiger charge is 2.22. The first-order valence-corrected chi connectivity index (χ1v) is 5.88. The number of aromatic nitrogens is 2. The molecule has 0 saturated heterocycles. The summed E-state index contributed by atoms with van der Waals surface area (Å²) in [5.41, 5.74) is 6.98. The van der Waals surface area contributed by atoms with Crippen LogP contribution in [0.2, 0.25) is 0 Å². The molecule has 0 aliphatic carbocycles. The largest absolute Gasteiger partial charge is 0.392 e. The third-order valence-electron chi connectivity index (χ3n) is 2.82. The maximum atomic E-state index is 12.2. The highest BCUT2D eigenvalue weighted by atomic mass is 32.1. The predicted molar refractivity (Wildman–Crippen MR) is 70.9 cm³/mol. The lowest BCUT2D eigenvalue weighted by Crippen LogP contribution is -2.43. The molecule has 0 spiro atoms. The van der Waals surface area contributed by atoms with E-state index in [4.69, 9.17) is 18.0 Å². The van der Waals surface area contributed by atoms with E-state index in [1.54, 1.807) is 31.8 Å². The van der Waals surface area contributed by atoms with Crippen LogP contribution in [-0.2, 0) is 13.5 Å². The zero-order valence-corrected chi connectivity index (χ0v) is 11.4. The molecule has 94 valence electrons. The summed E-state index contributed by atoms with van der Waals surface area (Å²) in [6, 6.07) is 1.53. The lowest BCUT2D eigenvalue weighted by Gasteiger charge is -2.23. The van der Waals surface area contributed by atoms with Crippen molar-refractivity contribution < 1.29 is 4.79 Å². The Labute approximate surface area is 107 Å². The molecule has 0 saturated carbocycles. The average Bonchev–Trinajstić information content (AvgIpc) is 2.67. The number of likely N-dealkylation sites (N-methyl/N-ethyl adjacent to an activating group) is 1. The van der Waals surface area contributed by atoms with Crippen LogP contribution in [0, 0.1) is 0 Å². The standard InChI is InChI=1S/C11H18N4OS/c1-5-8-6-9(15(4)13-8)11(16)14(3)7(2)10(12)17/h6-7H,5H2,1-4H3,(H2,12,17). The Hall–Kier alpha value is -1.43. The lowest BCUT2D eigenvalue weighted by molar-refractivity contribution is 0.0768. The Morgan fingerprint density at radius 1 is 1.71 bits per heavy atom. The van der Waals surface area contributed by atoms with Gasteiger partial charge in [0.25, 0.3) is 5.91 Å². The molecule has 1 rings (SSSR count). The second kappa shape index (κ2) is 5.27. The fraction of sp³-hybridized carbons (Fsp3) is 0.545. The van der Waals surface area contributed by atoms with Crippen molar-refractivity contribution in [2.75, 3.05) is 7.05 Å². The molecule has 1 heterocycles. The minimum absolute atomic E-state index is 0.125. The van der Waals surface area contributed by atoms with E-state index in [0.717, 1.165) is 12.1 Å². The topological polar surface area (TPSA) is 64.2 Å². The van der Waals surface area contributed by atoms with E-state index in [9.17, 15) is 4.79 Å². The van der Waals surface area contributed by atoms with E-state index in [0.29, 0.717) is 10.7 Å². The van der Waals surface area contributed by atoms with Crippen molar-refractivity contribution in [2.45, 2.75) is 26.3 Å². The molecule has 0 aromatic carbocycles. The quantitative estimate of drug-likeness (QED) is 0.805. The normalized spacial score (nSPS) is 12.2. The van der Waals surface area contributed by atoms with E-state index in [2.05, 4.69) is 5.10 Å². The van der Waals surface area contributed by atoms with Crippen molar-refractivity contribution in [2.24, 2.45) is 12.8 Å². The van der Waals surface area contributed by atoms with Gasteiger partial charge in [-0.1, -0.05) is 19.1 Å². The summed E-state index contributed by atoms with van der Waals surface area (Å²) < 4.78 is 1.59. The van der Waals surface area contributed by atoms with E-state index in [1.165, 1.54) is 4.90 Å². The smallest absolute Gasteiger partial charge is 0.272 e. The van der Waals surface area contributed by atoms with E-state index in [-0.39, 0.29) is 11.9 Å². The molecule has 0 radical (unpaired) electrons. The van der Waals surface area contributed by atoms with Crippen molar-refractivity contribution in [3.05, 3.63) is 17.5 Å². The number of thiocarbonyl (C=S) groups is 1. The summed E-state index contributed by atoms with van der Waals surface area (Å²) in [5, 5.41) is 4.24. The Balaban J connectivity index is 2.95. The molecule has 5 nitrogen and oxygen atoms in total. The minimum Gasteiger partial charge on any atom is -0.392 e. The summed E-state index contributed by atoms with van der Waals surface area (Å²) >= 11 is 4.89. The Bertz CT molecular complexity index is 441. The zero-order valence-electron chi connectivity index (χ0n) is 10.6. The number of aryl methyl sites for hydroxylation is 2. The third-order valence-corrected chi connectivity index (χ3v) is 3.17. The number of amides is 1. The minimum atomic E-state index is -0.266. The van der Waals surface area contributed by atoms with Gasteiger partial charge in [0.05, 0.1) is 16.7 Å². The SMILES string of the molecule is CCc1cc(C(=O)N(C)C(C)C(N)=S)n(C)n1. The third kappa shape index (κ3) is 2.82. The van der Waals surface area contributed by atoms with Gasteiger partial charge in [-0.3, -0.25) is 9.48 Å². The van der Waals surface area contributed by atoms with Crippen LogP contribution < -0.4 is 5.73 Å². The Morgan fingerprint density at radius 3 is 2.71 bits per heavy atom. The molecule has 6 heteroatoms. The molecule has 2 N–H and O–H groups in total. The van der Waals surface area contributed by atoms with E-state index in [1.807, 2.05) is 6.92 Å². The fourth-order valence-corrected chi connectivity index (χ4v) is 1.61. The molecule has 1 amide bonds. The van der Waals surface area contributed by atoms with Gasteiger partial charge in [-0.2, -0.15) is 5.10 Å². The maximum absolute atomic E-state index is 12.2. The van der Waals surface area contributed by atoms with E-state index < -0.39 is 0 Å². The van der Waals surface area contributed by atoms with Crippen LogP contribution >= 0.6 is 12.2 Å². The molecule has 0 fully saturated rings. The number of hydrogen-bond acceptors (Lipinski definition) is 3. The molecule has 1 aromatic rings. The average molecular weight is 254 g/mol. The number of rotatable bonds is 4. The van der Waals surface area contributed by atoms with Crippen LogP contribution in [0.15, 0.2) is 6.07 Å². The van der Waals surface area contributed by atoms with Crippen LogP contribution in [0.3, 0.4) is 0 Å². The monoisotopic (exact) mass is 254 g/mol. The first-order chi connectivity index (χ1) is 7.88. The van der Waals surface area contributed by atoms with Crippen molar-refractivity contribution in [3.8, 4) is 0 Å². The Morgan fingerprint density at radius 2 is 2.29 bits per heavy atom. The second-order valence-electron chi connectivity index (χ2n) is 3.99. The summed E-state index contributed by atoms with van der Waals surface area (Å²) in [7, 11) is 3.44. The van der Waals surface area contributed by atoms with Gasteiger partial charge in [0.2, 0.25) is 0 Å². The van der Waals surface area contributed by atoms with Gasteiger partial charge in [0.1, 0.15) is 5.69 Å². The first kappa shape index (κ1) is 13.6. The highest BCUT2D eigenvalue weighted by Crippen LogP contribution is 2.09. The zero-order chi connectivity index (χ0) is 13.2. The Kier molecular flexibility index (Phi) is 4.22. The van der Waals surface area contributed by atoms with Crippen LogP contribution in [0.1, 0.15) is 30.0 Å². The van der Waals surface area contributed by atoms with Gasteiger partial charge in [-0.15, -0.1) is 0 Å². The fourth-order valence-electron chi connectivity index (χ4n) is 1.45. The second-order valence-corrected chi connectivity index (χ2v) is 4.46. The van der Waals surface area contributed by atoms with E-state index >= 15 is 0 Å².